The van der Waals surface area contributed by atoms with E-state index in [1.165, 1.54) is 16.7 Å². The number of pyridine rings is 1. The summed E-state index contributed by atoms with van der Waals surface area (Å²) in [5, 5.41) is 3.32. The highest BCUT2D eigenvalue weighted by Gasteiger charge is 2.18. The normalized spacial score (nSPS) is 11.7. The third kappa shape index (κ3) is 5.70. The fourth-order valence-electron chi connectivity index (χ4n) is 3.23. The van der Waals surface area contributed by atoms with Crippen molar-refractivity contribution in [2.45, 2.75) is 26.1 Å². The maximum absolute atomic E-state index is 12.7. The van der Waals surface area contributed by atoms with Gasteiger partial charge in [0, 0.05) is 24.0 Å². The molecule has 2 aromatic heterocycles. The van der Waals surface area contributed by atoms with Gasteiger partial charge in [0.05, 0.1) is 10.7 Å². The molecule has 8 heteroatoms. The fourth-order valence-corrected chi connectivity index (χ4v) is 3.39. The van der Waals surface area contributed by atoms with Gasteiger partial charge in [-0.25, -0.2) is 4.98 Å². The van der Waals surface area contributed by atoms with E-state index < -0.39 is 6.10 Å². The first-order valence-corrected chi connectivity index (χ1v) is 10.8. The van der Waals surface area contributed by atoms with E-state index in [1.54, 1.807) is 36.4 Å². The number of benzene rings is 2. The topological polar surface area (TPSA) is 81.9 Å². The van der Waals surface area contributed by atoms with Crippen molar-refractivity contribution in [2.75, 3.05) is 5.32 Å². The van der Waals surface area contributed by atoms with E-state index in [2.05, 4.69) is 10.3 Å². The molecule has 0 unspecified atom stereocenters. The number of amides is 1. The zero-order valence-corrected chi connectivity index (χ0v) is 18.7. The Balaban J connectivity index is 1.41. The van der Waals surface area contributed by atoms with Crippen LogP contribution in [0.25, 0.3) is 5.65 Å². The molecule has 1 amide bonds. The molecule has 33 heavy (non-hydrogen) atoms. The molecule has 168 valence electrons. The lowest BCUT2D eigenvalue weighted by molar-refractivity contribution is -0.122. The number of rotatable bonds is 8. The molecule has 0 radical (unpaired) electrons. The number of halogens is 1. The highest BCUT2D eigenvalue weighted by atomic mass is 35.5. The van der Waals surface area contributed by atoms with Crippen molar-refractivity contribution in [3.8, 4) is 11.5 Å². The number of nitrogens with zero attached hydrogens (tertiary/aromatic N) is 2. The van der Waals surface area contributed by atoms with Gasteiger partial charge in [0.1, 0.15) is 23.8 Å². The second-order valence-corrected chi connectivity index (χ2v) is 7.73. The molecule has 0 spiro atoms. The van der Waals surface area contributed by atoms with Gasteiger partial charge in [0.2, 0.25) is 0 Å². The average Bonchev–Trinajstić information content (AvgIpc) is 2.82. The predicted octanol–water partition coefficient (Wildman–Crippen LogP) is 4.72. The van der Waals surface area contributed by atoms with Crippen LogP contribution in [0.5, 0.6) is 11.5 Å². The third-order valence-corrected chi connectivity index (χ3v) is 5.07. The summed E-state index contributed by atoms with van der Waals surface area (Å²) in [6.45, 7) is 1.99. The Morgan fingerprint density at radius 1 is 1.06 bits per heavy atom. The van der Waals surface area contributed by atoms with E-state index >= 15 is 0 Å². The van der Waals surface area contributed by atoms with Crippen molar-refractivity contribution in [3.05, 3.63) is 100 Å². The minimum absolute atomic E-state index is 0.0977. The van der Waals surface area contributed by atoms with E-state index in [0.717, 1.165) is 0 Å². The first-order valence-electron chi connectivity index (χ1n) is 10.4. The molecule has 0 saturated carbocycles. The molecule has 0 aliphatic heterocycles. The monoisotopic (exact) mass is 463 g/mol. The standard InChI is InChI=1S/C25H22ClN3O4/c1-2-22(33-20-8-4-3-5-9-20)25(31)28-18-7-6-10-21(13-18)32-16-19-14-24(30)29-15-17(26)11-12-23(29)27-19/h3-15,22H,2,16H2,1H3,(H,28,31)/t22-/m0/s1. The van der Waals surface area contributed by atoms with Gasteiger partial charge >= 0.3 is 0 Å². The van der Waals surface area contributed by atoms with Crippen LogP contribution in [0.4, 0.5) is 5.69 Å². The van der Waals surface area contributed by atoms with Crippen molar-refractivity contribution in [1.82, 2.24) is 9.38 Å². The molecule has 4 aromatic rings. The molecule has 7 nitrogen and oxygen atoms in total. The molecule has 0 saturated heterocycles. The number of fused-ring (bicyclic) bond motifs is 1. The SMILES string of the molecule is CC[C@H](Oc1ccccc1)C(=O)Nc1cccc(OCc2cc(=O)n3cc(Cl)ccc3n2)c1. The van der Waals surface area contributed by atoms with Gasteiger partial charge in [-0.2, -0.15) is 0 Å². The largest absolute Gasteiger partial charge is 0.487 e. The maximum atomic E-state index is 12.7. The van der Waals surface area contributed by atoms with Gasteiger partial charge in [-0.3, -0.25) is 14.0 Å². The number of aromatic nitrogens is 2. The number of carbonyl (C=O) groups is 1. The van der Waals surface area contributed by atoms with Crippen molar-refractivity contribution < 1.29 is 14.3 Å². The van der Waals surface area contributed by atoms with Crippen LogP contribution < -0.4 is 20.3 Å². The number of carbonyl (C=O) groups excluding carboxylic acids is 1. The molecule has 1 atom stereocenters. The zero-order valence-electron chi connectivity index (χ0n) is 17.9. The summed E-state index contributed by atoms with van der Waals surface area (Å²) in [4.78, 5) is 29.4. The van der Waals surface area contributed by atoms with Crippen LogP contribution in [0.15, 0.2) is 83.8 Å². The van der Waals surface area contributed by atoms with Crippen LogP contribution in [0.1, 0.15) is 19.0 Å². The Hall–Kier alpha value is -3.84. The molecule has 0 aliphatic rings. The van der Waals surface area contributed by atoms with Crippen LogP contribution >= 0.6 is 11.6 Å². The van der Waals surface area contributed by atoms with E-state index in [1.807, 2.05) is 37.3 Å². The molecule has 2 aromatic carbocycles. The van der Waals surface area contributed by atoms with Crippen LogP contribution in [-0.2, 0) is 11.4 Å². The van der Waals surface area contributed by atoms with Gasteiger partial charge in [-0.15, -0.1) is 0 Å². The van der Waals surface area contributed by atoms with Crippen molar-refractivity contribution in [1.29, 1.82) is 0 Å². The Labute approximate surface area is 195 Å². The van der Waals surface area contributed by atoms with Crippen molar-refractivity contribution in [2.24, 2.45) is 0 Å². The van der Waals surface area contributed by atoms with Crippen LogP contribution in [0, 0.1) is 0 Å². The highest BCUT2D eigenvalue weighted by molar-refractivity contribution is 6.30. The molecule has 0 aliphatic carbocycles. The van der Waals surface area contributed by atoms with Gasteiger partial charge < -0.3 is 14.8 Å². The molecule has 4 rings (SSSR count). The molecular weight excluding hydrogens is 442 g/mol. The number of nitrogens with one attached hydrogen (secondary N) is 1. The van der Waals surface area contributed by atoms with Gasteiger partial charge in [0.15, 0.2) is 6.10 Å². The third-order valence-electron chi connectivity index (χ3n) is 4.85. The minimum atomic E-state index is -0.625. The summed E-state index contributed by atoms with van der Waals surface area (Å²) in [5.74, 6) is 0.918. The Bertz CT molecular complexity index is 1320. The molecular formula is C25H22ClN3O4. The lowest BCUT2D eigenvalue weighted by Crippen LogP contribution is -2.32. The Morgan fingerprint density at radius 3 is 2.64 bits per heavy atom. The van der Waals surface area contributed by atoms with E-state index in [0.29, 0.717) is 40.0 Å². The summed E-state index contributed by atoms with van der Waals surface area (Å²) in [6, 6.07) is 21.0. The lowest BCUT2D eigenvalue weighted by Gasteiger charge is -2.17. The molecule has 1 N–H and O–H groups in total. The van der Waals surface area contributed by atoms with E-state index in [9.17, 15) is 9.59 Å². The number of anilines is 1. The number of para-hydroxylation sites is 1. The quantitative estimate of drug-likeness (QED) is 0.408. The van der Waals surface area contributed by atoms with E-state index in [-0.39, 0.29) is 18.1 Å². The van der Waals surface area contributed by atoms with Crippen molar-refractivity contribution in [3.63, 3.8) is 0 Å². The Kier molecular flexibility index (Phi) is 6.90. The molecule has 0 bridgehead atoms. The number of hydrogen-bond donors (Lipinski definition) is 1. The minimum Gasteiger partial charge on any atom is -0.487 e. The fraction of sp³-hybridized carbons (Fsp3) is 0.160. The zero-order chi connectivity index (χ0) is 23.2. The van der Waals surface area contributed by atoms with Gasteiger partial charge in [-0.1, -0.05) is 42.8 Å². The van der Waals surface area contributed by atoms with Crippen LogP contribution in [0.3, 0.4) is 0 Å². The summed E-state index contributed by atoms with van der Waals surface area (Å²) < 4.78 is 13.0. The summed E-state index contributed by atoms with van der Waals surface area (Å²) >= 11 is 5.94. The average molecular weight is 464 g/mol. The maximum Gasteiger partial charge on any atom is 0.265 e. The number of ether oxygens (including phenoxy) is 2. The van der Waals surface area contributed by atoms with E-state index in [4.69, 9.17) is 21.1 Å². The lowest BCUT2D eigenvalue weighted by atomic mass is 10.2. The second-order valence-electron chi connectivity index (χ2n) is 7.29. The summed E-state index contributed by atoms with van der Waals surface area (Å²) in [7, 11) is 0. The van der Waals surface area contributed by atoms with Crippen LogP contribution in [-0.4, -0.2) is 21.4 Å². The second kappa shape index (κ2) is 10.2. The van der Waals surface area contributed by atoms with Gasteiger partial charge in [0.25, 0.3) is 11.5 Å². The first kappa shape index (κ1) is 22.4. The van der Waals surface area contributed by atoms with Gasteiger partial charge in [-0.05, 0) is 42.8 Å². The molecule has 2 heterocycles. The van der Waals surface area contributed by atoms with Crippen LogP contribution in [0.2, 0.25) is 5.02 Å². The number of hydrogen-bond acceptors (Lipinski definition) is 5. The first-order chi connectivity index (χ1) is 16.0. The highest BCUT2D eigenvalue weighted by Crippen LogP contribution is 2.20. The Morgan fingerprint density at radius 2 is 1.85 bits per heavy atom. The summed E-state index contributed by atoms with van der Waals surface area (Å²) in [6.07, 6.45) is 1.42. The van der Waals surface area contributed by atoms with Crippen molar-refractivity contribution >= 4 is 28.8 Å². The predicted molar refractivity (Wildman–Crippen MR) is 127 cm³/mol. The molecule has 0 fully saturated rings. The smallest absolute Gasteiger partial charge is 0.265 e. The summed E-state index contributed by atoms with van der Waals surface area (Å²) in [5.41, 5.74) is 1.30.